The number of rotatable bonds is 5. The van der Waals surface area contributed by atoms with Crippen LogP contribution in [0, 0.1) is 11.3 Å². The first kappa shape index (κ1) is 21.6. The summed E-state index contributed by atoms with van der Waals surface area (Å²) in [6, 6.07) is 8.02. The van der Waals surface area contributed by atoms with Crippen LogP contribution in [0.4, 0.5) is 0 Å². The molecule has 8 heteroatoms. The molecule has 1 saturated carbocycles. The molecule has 3 fully saturated rings. The molecular weight excluding hydrogens is 406 g/mol. The van der Waals surface area contributed by atoms with E-state index < -0.39 is 0 Å². The molecule has 1 aliphatic carbocycles. The largest absolute Gasteiger partial charge is 0.379 e. The lowest BCUT2D eigenvalue weighted by molar-refractivity contribution is -0.140. The van der Waals surface area contributed by atoms with Gasteiger partial charge in [0.25, 0.3) is 5.56 Å². The number of amides is 1. The predicted molar refractivity (Wildman–Crippen MR) is 122 cm³/mol. The lowest BCUT2D eigenvalue weighted by Gasteiger charge is -2.50. The van der Waals surface area contributed by atoms with Crippen LogP contribution in [-0.4, -0.2) is 72.6 Å². The van der Waals surface area contributed by atoms with E-state index in [1.54, 1.807) is 6.20 Å². The molecule has 0 bridgehead atoms. The standard InChI is InChI=1S/C24H33N5O3/c30-22-21-4-2-1-3-18(21)16-27-29(22)10-9-26-23(31)24-7-5-20(28-11-13-32-14-12-28)15-19(24)6-8-25-17-24/h1-4,16,19-20,25H,5-15,17H2,(H,26,31)/t19-,20-,24-/m1/s1. The Labute approximate surface area is 188 Å². The number of hydrogen-bond donors (Lipinski definition) is 2. The van der Waals surface area contributed by atoms with E-state index in [0.29, 0.717) is 30.4 Å². The maximum atomic E-state index is 13.4. The monoisotopic (exact) mass is 439 g/mol. The fourth-order valence-electron chi connectivity index (χ4n) is 5.91. The van der Waals surface area contributed by atoms with Crippen molar-refractivity contribution in [1.29, 1.82) is 0 Å². The lowest BCUT2D eigenvalue weighted by Crippen LogP contribution is -2.60. The lowest BCUT2D eigenvalue weighted by atomic mass is 9.61. The minimum Gasteiger partial charge on any atom is -0.379 e. The van der Waals surface area contributed by atoms with Crippen molar-refractivity contribution in [3.8, 4) is 0 Å². The molecule has 1 amide bonds. The van der Waals surface area contributed by atoms with Crippen LogP contribution >= 0.6 is 0 Å². The fourth-order valence-corrected chi connectivity index (χ4v) is 5.91. The number of aromatic nitrogens is 2. The quantitative estimate of drug-likeness (QED) is 0.723. The van der Waals surface area contributed by atoms with Crippen LogP contribution in [0.5, 0.6) is 0 Å². The van der Waals surface area contributed by atoms with Crippen molar-refractivity contribution in [2.24, 2.45) is 11.3 Å². The number of piperidine rings is 1. The maximum Gasteiger partial charge on any atom is 0.274 e. The third kappa shape index (κ3) is 4.07. The summed E-state index contributed by atoms with van der Waals surface area (Å²) in [5.74, 6) is 0.524. The minimum absolute atomic E-state index is 0.112. The van der Waals surface area contributed by atoms with Gasteiger partial charge in [-0.1, -0.05) is 18.2 Å². The second kappa shape index (κ2) is 9.29. The Bertz CT molecular complexity index is 1020. The smallest absolute Gasteiger partial charge is 0.274 e. The Morgan fingerprint density at radius 1 is 1.25 bits per heavy atom. The first-order valence-electron chi connectivity index (χ1n) is 11.9. The van der Waals surface area contributed by atoms with Gasteiger partial charge in [0.05, 0.1) is 36.8 Å². The van der Waals surface area contributed by atoms with Gasteiger partial charge in [0.2, 0.25) is 5.91 Å². The number of ether oxygens (including phenoxy) is 1. The normalized spacial score (nSPS) is 28.9. The molecule has 0 spiro atoms. The number of benzene rings is 1. The first-order chi connectivity index (χ1) is 15.7. The van der Waals surface area contributed by atoms with Crippen molar-refractivity contribution in [1.82, 2.24) is 25.3 Å². The van der Waals surface area contributed by atoms with E-state index in [0.717, 1.165) is 70.5 Å². The third-order valence-electron chi connectivity index (χ3n) is 7.76. The zero-order valence-corrected chi connectivity index (χ0v) is 18.6. The molecule has 0 unspecified atom stereocenters. The third-order valence-corrected chi connectivity index (χ3v) is 7.76. The number of nitrogens with one attached hydrogen (secondary N) is 2. The van der Waals surface area contributed by atoms with E-state index in [9.17, 15) is 9.59 Å². The van der Waals surface area contributed by atoms with Crippen LogP contribution in [0.15, 0.2) is 35.3 Å². The maximum absolute atomic E-state index is 13.4. The fraction of sp³-hybridized carbons (Fsp3) is 0.625. The van der Waals surface area contributed by atoms with Crippen molar-refractivity contribution in [3.05, 3.63) is 40.8 Å². The zero-order valence-electron chi connectivity index (χ0n) is 18.6. The molecule has 2 N–H and O–H groups in total. The first-order valence-corrected chi connectivity index (χ1v) is 11.9. The summed E-state index contributed by atoms with van der Waals surface area (Å²) in [6.07, 6.45) is 5.80. The predicted octanol–water partition coefficient (Wildman–Crippen LogP) is 0.993. The van der Waals surface area contributed by atoms with E-state index >= 15 is 0 Å². The molecular formula is C24H33N5O3. The molecule has 3 aliphatic rings. The molecule has 172 valence electrons. The average molecular weight is 440 g/mol. The van der Waals surface area contributed by atoms with Gasteiger partial charge in [0.15, 0.2) is 0 Å². The SMILES string of the molecule is O=C(NCCn1ncc2ccccc2c1=O)[C@@]12CC[C@@H](N3CCOCC3)C[C@H]1CCNC2. The highest BCUT2D eigenvalue weighted by Crippen LogP contribution is 2.46. The van der Waals surface area contributed by atoms with Crippen molar-refractivity contribution in [3.63, 3.8) is 0 Å². The molecule has 2 aromatic rings. The molecule has 0 radical (unpaired) electrons. The van der Waals surface area contributed by atoms with Crippen LogP contribution < -0.4 is 16.2 Å². The van der Waals surface area contributed by atoms with Gasteiger partial charge in [0.1, 0.15) is 0 Å². The molecule has 1 aromatic carbocycles. The van der Waals surface area contributed by atoms with Gasteiger partial charge in [-0.3, -0.25) is 14.5 Å². The molecule has 5 rings (SSSR count). The number of fused-ring (bicyclic) bond motifs is 2. The number of carbonyl (C=O) groups is 1. The highest BCUT2D eigenvalue weighted by Gasteiger charge is 2.50. The van der Waals surface area contributed by atoms with Gasteiger partial charge >= 0.3 is 0 Å². The minimum atomic E-state index is -0.344. The Kier molecular flexibility index (Phi) is 6.26. The van der Waals surface area contributed by atoms with E-state index in [1.165, 1.54) is 4.68 Å². The van der Waals surface area contributed by atoms with E-state index in [2.05, 4.69) is 20.6 Å². The van der Waals surface area contributed by atoms with E-state index in [4.69, 9.17) is 4.74 Å². The van der Waals surface area contributed by atoms with Crippen molar-refractivity contribution in [2.45, 2.75) is 38.3 Å². The van der Waals surface area contributed by atoms with E-state index in [1.807, 2.05) is 24.3 Å². The second-order valence-corrected chi connectivity index (χ2v) is 9.41. The number of hydrogen-bond acceptors (Lipinski definition) is 6. The van der Waals surface area contributed by atoms with Gasteiger partial charge in [-0.25, -0.2) is 4.68 Å². The Morgan fingerprint density at radius 2 is 2.09 bits per heavy atom. The molecule has 2 aliphatic heterocycles. The van der Waals surface area contributed by atoms with Crippen LogP contribution in [0.25, 0.3) is 10.8 Å². The molecule has 3 atom stereocenters. The number of morpholine rings is 1. The summed E-state index contributed by atoms with van der Waals surface area (Å²) >= 11 is 0. The van der Waals surface area contributed by atoms with Crippen LogP contribution in [0.3, 0.4) is 0 Å². The molecule has 3 heterocycles. The molecule has 32 heavy (non-hydrogen) atoms. The van der Waals surface area contributed by atoms with Crippen LogP contribution in [0.2, 0.25) is 0 Å². The number of carbonyl (C=O) groups excluding carboxylic acids is 1. The number of nitrogens with zero attached hydrogens (tertiary/aromatic N) is 3. The summed E-state index contributed by atoms with van der Waals surface area (Å²) in [5.41, 5.74) is -0.457. The molecule has 1 aromatic heterocycles. The Morgan fingerprint density at radius 3 is 2.97 bits per heavy atom. The van der Waals surface area contributed by atoms with Crippen molar-refractivity contribution >= 4 is 16.7 Å². The summed E-state index contributed by atoms with van der Waals surface area (Å²) in [4.78, 5) is 28.7. The van der Waals surface area contributed by atoms with Crippen LogP contribution in [0.1, 0.15) is 25.7 Å². The van der Waals surface area contributed by atoms with Crippen molar-refractivity contribution < 1.29 is 9.53 Å². The Hall–Kier alpha value is -2.29. The highest BCUT2D eigenvalue weighted by atomic mass is 16.5. The van der Waals surface area contributed by atoms with Crippen LogP contribution in [-0.2, 0) is 16.1 Å². The molecule has 8 nitrogen and oxygen atoms in total. The van der Waals surface area contributed by atoms with Crippen molar-refractivity contribution in [2.75, 3.05) is 45.9 Å². The van der Waals surface area contributed by atoms with E-state index in [-0.39, 0.29) is 16.9 Å². The summed E-state index contributed by atoms with van der Waals surface area (Å²) < 4.78 is 6.97. The highest BCUT2D eigenvalue weighted by molar-refractivity contribution is 5.83. The molecule has 2 saturated heterocycles. The summed E-state index contributed by atoms with van der Waals surface area (Å²) in [5, 5.41) is 12.4. The zero-order chi connectivity index (χ0) is 22.0. The summed E-state index contributed by atoms with van der Waals surface area (Å²) in [6.45, 7) is 6.14. The van der Waals surface area contributed by atoms with Gasteiger partial charge in [-0.05, 0) is 44.2 Å². The summed E-state index contributed by atoms with van der Waals surface area (Å²) in [7, 11) is 0. The Balaban J connectivity index is 1.23. The second-order valence-electron chi connectivity index (χ2n) is 9.41. The van der Waals surface area contributed by atoms with Gasteiger partial charge < -0.3 is 15.4 Å². The van der Waals surface area contributed by atoms with Gasteiger partial charge in [0, 0.05) is 37.6 Å². The van der Waals surface area contributed by atoms with Gasteiger partial charge in [-0.2, -0.15) is 5.10 Å². The average Bonchev–Trinajstić information content (AvgIpc) is 2.85. The van der Waals surface area contributed by atoms with Gasteiger partial charge in [-0.15, -0.1) is 0 Å². The topological polar surface area (TPSA) is 88.5 Å².